The molecule has 104 valence electrons. The van der Waals surface area contributed by atoms with Crippen molar-refractivity contribution in [1.29, 1.82) is 0 Å². The Bertz CT molecular complexity index is 583. The van der Waals surface area contributed by atoms with Gasteiger partial charge in [-0.2, -0.15) is 0 Å². The van der Waals surface area contributed by atoms with Crippen molar-refractivity contribution in [1.82, 2.24) is 0 Å². The molecule has 0 saturated heterocycles. The van der Waals surface area contributed by atoms with E-state index in [1.165, 1.54) is 5.56 Å². The summed E-state index contributed by atoms with van der Waals surface area (Å²) >= 11 is 5.84. The fourth-order valence-electron chi connectivity index (χ4n) is 2.50. The van der Waals surface area contributed by atoms with E-state index in [1.54, 1.807) is 0 Å². The molecule has 2 aromatic rings. The topological polar surface area (TPSA) is 18.5 Å². The fourth-order valence-corrected chi connectivity index (χ4v) is 2.67. The van der Waals surface area contributed by atoms with Gasteiger partial charge < -0.3 is 9.47 Å². The summed E-state index contributed by atoms with van der Waals surface area (Å²) in [7, 11) is 0. The Hall–Kier alpha value is -1.67. The molecule has 0 aliphatic carbocycles. The molecule has 1 aliphatic heterocycles. The first kappa shape index (κ1) is 13.3. The summed E-state index contributed by atoms with van der Waals surface area (Å²) < 4.78 is 11.6. The summed E-state index contributed by atoms with van der Waals surface area (Å²) in [4.78, 5) is 0. The number of ether oxygens (including phenoxy) is 2. The molecule has 0 radical (unpaired) electrons. The van der Waals surface area contributed by atoms with Crippen LogP contribution in [0.5, 0.6) is 11.5 Å². The molecular weight excluding hydrogens is 272 g/mol. The van der Waals surface area contributed by atoms with Gasteiger partial charge in [-0.3, -0.25) is 0 Å². The van der Waals surface area contributed by atoms with Gasteiger partial charge in [0.2, 0.25) is 0 Å². The predicted molar refractivity (Wildman–Crippen MR) is 80.8 cm³/mol. The number of benzene rings is 2. The van der Waals surface area contributed by atoms with E-state index < -0.39 is 0 Å². The molecule has 0 saturated carbocycles. The number of fused-ring (bicyclic) bond motifs is 1. The van der Waals surface area contributed by atoms with E-state index in [-0.39, 0.29) is 0 Å². The van der Waals surface area contributed by atoms with Gasteiger partial charge in [0.05, 0.1) is 13.2 Å². The monoisotopic (exact) mass is 288 g/mol. The Labute approximate surface area is 124 Å². The Morgan fingerprint density at radius 3 is 2.95 bits per heavy atom. The van der Waals surface area contributed by atoms with Crippen LogP contribution in [-0.4, -0.2) is 13.2 Å². The molecule has 0 amide bonds. The Balaban J connectivity index is 1.70. The molecule has 0 spiro atoms. The largest absolute Gasteiger partial charge is 0.493 e. The van der Waals surface area contributed by atoms with Crippen molar-refractivity contribution in [3.63, 3.8) is 0 Å². The second-order valence-electron chi connectivity index (χ2n) is 4.96. The lowest BCUT2D eigenvalue weighted by molar-refractivity contribution is 0.217. The Morgan fingerprint density at radius 2 is 2.05 bits per heavy atom. The standard InChI is InChI=1S/C17H17ClO2/c18-11-13-4-3-5-15(10-13)20-12-14-8-9-19-17-7-2-1-6-16(14)17/h1-7,10,14H,8-9,11-12H2. The van der Waals surface area contributed by atoms with Gasteiger partial charge in [-0.25, -0.2) is 0 Å². The number of halogens is 1. The van der Waals surface area contributed by atoms with Crippen LogP contribution < -0.4 is 9.47 Å². The quantitative estimate of drug-likeness (QED) is 0.778. The summed E-state index contributed by atoms with van der Waals surface area (Å²) in [5, 5.41) is 0. The van der Waals surface area contributed by atoms with Crippen molar-refractivity contribution in [2.45, 2.75) is 18.2 Å². The van der Waals surface area contributed by atoms with Gasteiger partial charge in [-0.15, -0.1) is 11.6 Å². The van der Waals surface area contributed by atoms with Crippen LogP contribution in [0, 0.1) is 0 Å². The van der Waals surface area contributed by atoms with Gasteiger partial charge in [0.1, 0.15) is 11.5 Å². The molecule has 1 heterocycles. The third-order valence-electron chi connectivity index (χ3n) is 3.59. The van der Waals surface area contributed by atoms with Crippen molar-refractivity contribution in [3.8, 4) is 11.5 Å². The molecule has 1 aliphatic rings. The highest BCUT2D eigenvalue weighted by molar-refractivity contribution is 6.17. The SMILES string of the molecule is ClCc1cccc(OCC2CCOc3ccccc32)c1. The van der Waals surface area contributed by atoms with E-state index in [9.17, 15) is 0 Å². The summed E-state index contributed by atoms with van der Waals surface area (Å²) in [5.74, 6) is 2.77. The lowest BCUT2D eigenvalue weighted by Crippen LogP contribution is -2.19. The van der Waals surface area contributed by atoms with Crippen LogP contribution in [0.4, 0.5) is 0 Å². The third-order valence-corrected chi connectivity index (χ3v) is 3.90. The molecule has 2 nitrogen and oxygen atoms in total. The molecular formula is C17H17ClO2. The number of alkyl halides is 1. The van der Waals surface area contributed by atoms with E-state index in [2.05, 4.69) is 12.1 Å². The molecule has 2 aromatic carbocycles. The maximum atomic E-state index is 5.93. The van der Waals surface area contributed by atoms with E-state index in [0.717, 1.165) is 30.1 Å². The Morgan fingerprint density at radius 1 is 1.15 bits per heavy atom. The van der Waals surface area contributed by atoms with Gasteiger partial charge >= 0.3 is 0 Å². The second-order valence-corrected chi connectivity index (χ2v) is 5.23. The first-order chi connectivity index (χ1) is 9.86. The van der Waals surface area contributed by atoms with Crippen molar-refractivity contribution >= 4 is 11.6 Å². The molecule has 0 fully saturated rings. The smallest absolute Gasteiger partial charge is 0.122 e. The summed E-state index contributed by atoms with van der Waals surface area (Å²) in [6, 6.07) is 16.2. The lowest BCUT2D eigenvalue weighted by Gasteiger charge is -2.25. The van der Waals surface area contributed by atoms with Crippen molar-refractivity contribution in [2.24, 2.45) is 0 Å². The van der Waals surface area contributed by atoms with Crippen molar-refractivity contribution in [2.75, 3.05) is 13.2 Å². The van der Waals surface area contributed by atoms with E-state index in [1.807, 2.05) is 36.4 Å². The Kier molecular flexibility index (Phi) is 4.12. The van der Waals surface area contributed by atoms with Gasteiger partial charge in [0, 0.05) is 17.4 Å². The van der Waals surface area contributed by atoms with Crippen LogP contribution in [0.25, 0.3) is 0 Å². The second kappa shape index (κ2) is 6.19. The van der Waals surface area contributed by atoms with Gasteiger partial charge in [-0.05, 0) is 30.2 Å². The highest BCUT2D eigenvalue weighted by atomic mass is 35.5. The van der Waals surface area contributed by atoms with E-state index in [4.69, 9.17) is 21.1 Å². The molecule has 1 atom stereocenters. The van der Waals surface area contributed by atoms with Gasteiger partial charge in [-0.1, -0.05) is 30.3 Å². The van der Waals surface area contributed by atoms with E-state index in [0.29, 0.717) is 18.4 Å². The molecule has 0 bridgehead atoms. The molecule has 1 unspecified atom stereocenters. The van der Waals surface area contributed by atoms with Gasteiger partial charge in [0.25, 0.3) is 0 Å². The van der Waals surface area contributed by atoms with Crippen LogP contribution in [-0.2, 0) is 5.88 Å². The van der Waals surface area contributed by atoms with Gasteiger partial charge in [0.15, 0.2) is 0 Å². The molecule has 0 aromatic heterocycles. The maximum Gasteiger partial charge on any atom is 0.122 e. The minimum absolute atomic E-state index is 0.389. The molecule has 20 heavy (non-hydrogen) atoms. The number of para-hydroxylation sites is 1. The first-order valence-corrected chi connectivity index (χ1v) is 7.39. The highest BCUT2D eigenvalue weighted by Gasteiger charge is 2.21. The van der Waals surface area contributed by atoms with Crippen molar-refractivity contribution in [3.05, 3.63) is 59.7 Å². The third kappa shape index (κ3) is 2.91. The summed E-state index contributed by atoms with van der Waals surface area (Å²) in [6.45, 7) is 1.43. The number of rotatable bonds is 4. The van der Waals surface area contributed by atoms with Crippen LogP contribution >= 0.6 is 11.6 Å². The fraction of sp³-hybridized carbons (Fsp3) is 0.294. The molecule has 3 rings (SSSR count). The first-order valence-electron chi connectivity index (χ1n) is 6.86. The van der Waals surface area contributed by atoms with Crippen LogP contribution in [0.2, 0.25) is 0 Å². The lowest BCUT2D eigenvalue weighted by atomic mass is 9.94. The normalized spacial score (nSPS) is 17.1. The summed E-state index contributed by atoms with van der Waals surface area (Å²) in [5.41, 5.74) is 2.32. The zero-order valence-corrected chi connectivity index (χ0v) is 12.0. The summed E-state index contributed by atoms with van der Waals surface area (Å²) in [6.07, 6.45) is 0.992. The predicted octanol–water partition coefficient (Wildman–Crippen LogP) is 4.37. The zero-order chi connectivity index (χ0) is 13.8. The van der Waals surface area contributed by atoms with Crippen molar-refractivity contribution < 1.29 is 9.47 Å². The van der Waals surface area contributed by atoms with Crippen LogP contribution in [0.15, 0.2) is 48.5 Å². The number of hydrogen-bond acceptors (Lipinski definition) is 2. The molecule has 0 N–H and O–H groups in total. The molecule has 3 heteroatoms. The number of hydrogen-bond donors (Lipinski definition) is 0. The average Bonchev–Trinajstić information content (AvgIpc) is 2.53. The highest BCUT2D eigenvalue weighted by Crippen LogP contribution is 2.33. The minimum atomic E-state index is 0.389. The minimum Gasteiger partial charge on any atom is -0.493 e. The van der Waals surface area contributed by atoms with Crippen LogP contribution in [0.3, 0.4) is 0 Å². The maximum absolute atomic E-state index is 5.93. The zero-order valence-electron chi connectivity index (χ0n) is 11.2. The average molecular weight is 289 g/mol. The van der Waals surface area contributed by atoms with Crippen LogP contribution in [0.1, 0.15) is 23.5 Å². The van der Waals surface area contributed by atoms with E-state index >= 15 is 0 Å².